The number of fused-ring (bicyclic) bond motifs is 6. The van der Waals surface area contributed by atoms with Crippen LogP contribution in [0.3, 0.4) is 0 Å². The van der Waals surface area contributed by atoms with Crippen LogP contribution in [0, 0.1) is 0 Å². The number of benzene rings is 12. The number of aromatic hydroxyl groups is 1. The van der Waals surface area contributed by atoms with Crippen molar-refractivity contribution in [1.82, 2.24) is 0 Å². The number of rotatable bonds is 16. The van der Waals surface area contributed by atoms with Crippen molar-refractivity contribution in [2.24, 2.45) is 0 Å². The minimum absolute atomic E-state index is 0.0473. The van der Waals surface area contributed by atoms with Crippen molar-refractivity contribution >= 4 is 104 Å². The number of aromatic carboxylic acids is 1. The Morgan fingerprint density at radius 3 is 0.952 bits per heavy atom. The monoisotopic (exact) mass is 1750 g/mol. The third-order valence-electron chi connectivity index (χ3n) is 24.1. The van der Waals surface area contributed by atoms with E-state index in [1.165, 1.54) is 62.2 Å². The van der Waals surface area contributed by atoms with Gasteiger partial charge in [-0.05, 0) is 224 Å². The normalized spacial score (nSPS) is 15.6. The van der Waals surface area contributed by atoms with E-state index in [-0.39, 0.29) is 45.9 Å². The van der Waals surface area contributed by atoms with Gasteiger partial charge in [0.2, 0.25) is 0 Å². The molecule has 126 heavy (non-hydrogen) atoms. The molecule has 3 saturated heterocycles. The SMILES string of the molecule is CC1(C)OB(c2ccc(CBr)cc2)OC1(C)C.CC1(C)OB(c2ccc(COc3ccc4c(-c5ccccc5C(=O)O)c5ccc(=O)cc-5oc4c3)cc2)OC1(C)C.COC(=O)c1ccccc1-c1c2ccc(=O)cc-2oc2cc(O)ccc12.COC(=O)c1ccccc1-c1c2ccc(=O)cc-2oc2cc(OCc3ccc(B4OC(C)(C)C(C)(C)O4)cc3)ccc12. The van der Waals surface area contributed by atoms with Crippen LogP contribution in [0.5, 0.6) is 17.2 Å². The summed E-state index contributed by atoms with van der Waals surface area (Å²) < 4.78 is 76.9. The molecule has 0 radical (unpaired) electrons. The number of methoxy groups -OCH3 is 2. The van der Waals surface area contributed by atoms with E-state index in [1.54, 1.807) is 91.0 Å². The maximum atomic E-state index is 12.6. The van der Waals surface area contributed by atoms with Crippen molar-refractivity contribution in [3.05, 3.63) is 319 Å². The van der Waals surface area contributed by atoms with Crippen molar-refractivity contribution in [3.63, 3.8) is 0 Å². The fourth-order valence-electron chi connectivity index (χ4n) is 15.1. The molecule has 0 amide bonds. The highest BCUT2D eigenvalue weighted by molar-refractivity contribution is 9.08. The average molecular weight is 1750 g/mol. The van der Waals surface area contributed by atoms with Gasteiger partial charge in [-0.25, -0.2) is 14.4 Å². The number of carboxylic acid groups (broad SMARTS) is 1. The van der Waals surface area contributed by atoms with Gasteiger partial charge >= 0.3 is 39.3 Å². The van der Waals surface area contributed by atoms with Crippen LogP contribution in [0.4, 0.5) is 0 Å². The first kappa shape index (κ1) is 88.2. The number of esters is 2. The highest BCUT2D eigenvalue weighted by Gasteiger charge is 2.54. The Bertz CT molecular complexity index is 6660. The molecule has 6 aliphatic heterocycles. The molecule has 9 aromatic carbocycles. The standard InChI is InChI=1S/C34H31BO7.C33H29BO7.C21H14O5.C13H18BBrO2/c1-33(2)34(3,4)42-35(41-33)22-12-10-21(11-13-22)20-39-24-15-17-28-30(19-24)40-29-18-23(36)14-16-27(29)31(28)25-8-6-7-9-26(25)32(37)38-5;1-32(2)33(3,4)41-34(40-32)21-11-9-20(10-12-21)19-38-23-14-16-27-29(18-23)39-28-17-22(35)13-15-26(28)30(27)24-7-5-6-8-25(24)31(36)37;1-25-21(24)15-5-3-2-4-14(15)20-16-8-6-12(22)10-18(16)26-19-11-13(23)7-9-17(19)20;1-12(2)13(3,4)17-14(16-12)11-7-5-10(9-15)6-8-11/h6-19H,20H2,1-5H3;5-18H,19H2,1-4H3,(H,36,37);2-11,22H,1H3;5-8H,9H2,1-4H3. The second-order valence-corrected chi connectivity index (χ2v) is 34.6. The first-order valence-electron chi connectivity index (χ1n) is 41.1. The molecule has 3 fully saturated rings. The van der Waals surface area contributed by atoms with Crippen LogP contribution in [0.1, 0.15) is 131 Å². The zero-order valence-corrected chi connectivity index (χ0v) is 73.7. The van der Waals surface area contributed by atoms with Gasteiger partial charge in [0.15, 0.2) is 16.3 Å². The Kier molecular flexibility index (Phi) is 24.8. The number of hydrogen-bond donors (Lipinski definition) is 2. The molecule has 3 aliphatic carbocycles. The van der Waals surface area contributed by atoms with E-state index in [0.717, 1.165) is 49.4 Å². The quantitative estimate of drug-likeness (QED) is 0.0393. The Labute approximate surface area is 737 Å². The number of alkyl halides is 1. The van der Waals surface area contributed by atoms with Gasteiger partial charge in [-0.1, -0.05) is 143 Å². The van der Waals surface area contributed by atoms with Gasteiger partial charge in [-0.3, -0.25) is 14.4 Å². The van der Waals surface area contributed by atoms with Crippen LogP contribution < -0.4 is 42.1 Å². The molecule has 25 heteroatoms. The van der Waals surface area contributed by atoms with Crippen molar-refractivity contribution < 1.29 is 84.7 Å². The van der Waals surface area contributed by atoms with Crippen LogP contribution in [0.2, 0.25) is 0 Å². The molecule has 0 spiro atoms. The lowest BCUT2D eigenvalue weighted by molar-refractivity contribution is 0.00578. The molecule has 0 bridgehead atoms. The number of ether oxygens (including phenoxy) is 4. The van der Waals surface area contributed by atoms with Gasteiger partial charge in [0.25, 0.3) is 0 Å². The summed E-state index contributed by atoms with van der Waals surface area (Å²) in [5, 5.41) is 22.7. The Morgan fingerprint density at radius 1 is 0.341 bits per heavy atom. The molecular weight excluding hydrogens is 1660 g/mol. The number of carbonyl (C=O) groups is 3. The summed E-state index contributed by atoms with van der Waals surface area (Å²) in [6, 6.07) is 74.9. The van der Waals surface area contributed by atoms with E-state index < -0.39 is 54.5 Å². The molecule has 21 nitrogen and oxygen atoms in total. The lowest BCUT2D eigenvalue weighted by Gasteiger charge is -2.32. The highest BCUT2D eigenvalue weighted by atomic mass is 79.9. The predicted molar refractivity (Wildman–Crippen MR) is 493 cm³/mol. The number of hydrogen-bond acceptors (Lipinski definition) is 20. The largest absolute Gasteiger partial charge is 0.508 e. The maximum absolute atomic E-state index is 12.6. The number of phenolic OH excluding ortho intramolecular Hbond substituents is 1. The number of carbonyl (C=O) groups excluding carboxylic acids is 2. The first-order chi connectivity index (χ1) is 60.0. The van der Waals surface area contributed by atoms with E-state index in [4.69, 9.17) is 60.1 Å². The summed E-state index contributed by atoms with van der Waals surface area (Å²) in [6.45, 7) is 25.2. The van der Waals surface area contributed by atoms with E-state index in [1.807, 2.05) is 152 Å². The Hall–Kier alpha value is -12.7. The molecule has 0 saturated carbocycles. The van der Waals surface area contributed by atoms with Gasteiger partial charge in [0.1, 0.15) is 64.5 Å². The average Bonchev–Trinajstić information content (AvgIpc) is 1.02. The Balaban J connectivity index is 0.000000136. The molecule has 0 atom stereocenters. The summed E-state index contributed by atoms with van der Waals surface area (Å²) >= 11 is 3.44. The van der Waals surface area contributed by atoms with Crippen molar-refractivity contribution in [2.75, 3.05) is 14.2 Å². The number of phenols is 1. The number of carboxylic acids is 1. The van der Waals surface area contributed by atoms with Crippen molar-refractivity contribution in [3.8, 4) is 84.6 Å². The second-order valence-electron chi connectivity index (χ2n) is 34.0. The lowest BCUT2D eigenvalue weighted by Crippen LogP contribution is -2.41. The molecule has 0 aromatic heterocycles. The molecule has 638 valence electrons. The molecule has 9 aromatic rings. The zero-order chi connectivity index (χ0) is 89.5. The smallest absolute Gasteiger partial charge is 0.494 e. The molecule has 18 rings (SSSR count). The number of halogens is 1. The van der Waals surface area contributed by atoms with Gasteiger partial charge in [0, 0.05) is 91.3 Å². The van der Waals surface area contributed by atoms with Crippen LogP contribution in [0.25, 0.3) is 100 Å². The van der Waals surface area contributed by atoms with Crippen LogP contribution >= 0.6 is 15.9 Å². The predicted octanol–water partition coefficient (Wildman–Crippen LogP) is 19.3. The second kappa shape index (κ2) is 35.4. The minimum Gasteiger partial charge on any atom is -0.508 e. The summed E-state index contributed by atoms with van der Waals surface area (Å²) in [6.07, 6.45) is 0. The van der Waals surface area contributed by atoms with Crippen LogP contribution in [-0.2, 0) is 55.9 Å². The van der Waals surface area contributed by atoms with Crippen LogP contribution in [-0.4, -0.2) is 97.3 Å². The first-order valence-corrected chi connectivity index (χ1v) is 42.2. The molecular formula is C101H92B3BrO21. The van der Waals surface area contributed by atoms with Crippen LogP contribution in [0.15, 0.2) is 282 Å². The zero-order valence-electron chi connectivity index (χ0n) is 72.1. The molecule has 9 aliphatic rings. The minimum atomic E-state index is -1.03. The van der Waals surface area contributed by atoms with E-state index in [9.17, 15) is 39.0 Å². The molecule has 2 N–H and O–H groups in total. The van der Waals surface area contributed by atoms with Gasteiger partial charge in [-0.15, -0.1) is 0 Å². The third kappa shape index (κ3) is 18.1. The fourth-order valence-corrected chi connectivity index (χ4v) is 15.4. The van der Waals surface area contributed by atoms with Gasteiger partial charge < -0.3 is 70.3 Å². The third-order valence-corrected chi connectivity index (χ3v) is 24.8. The summed E-state index contributed by atoms with van der Waals surface area (Å²) in [7, 11) is 1.58. The van der Waals surface area contributed by atoms with E-state index in [2.05, 4.69) is 67.9 Å². The Morgan fingerprint density at radius 2 is 0.635 bits per heavy atom. The van der Waals surface area contributed by atoms with Gasteiger partial charge in [-0.2, -0.15) is 0 Å². The van der Waals surface area contributed by atoms with E-state index >= 15 is 0 Å². The highest BCUT2D eigenvalue weighted by Crippen LogP contribution is 2.47. The van der Waals surface area contributed by atoms with Crippen molar-refractivity contribution in [1.29, 1.82) is 0 Å². The summed E-state index contributed by atoms with van der Waals surface area (Å²) in [5.41, 5.74) is 12.0. The maximum Gasteiger partial charge on any atom is 0.494 e. The lowest BCUT2D eigenvalue weighted by atomic mass is 9.79. The van der Waals surface area contributed by atoms with Crippen molar-refractivity contribution in [2.45, 2.75) is 135 Å². The van der Waals surface area contributed by atoms with E-state index in [0.29, 0.717) is 120 Å². The molecule has 0 unspecified atom stereocenters. The molecule has 6 heterocycles. The van der Waals surface area contributed by atoms with Gasteiger partial charge in [0.05, 0.1) is 64.5 Å². The fraction of sp³-hybridized carbons (Fsp3) is 0.228. The topological polar surface area (TPSA) is 275 Å². The summed E-state index contributed by atoms with van der Waals surface area (Å²) in [5.74, 6) is 0.455. The summed E-state index contributed by atoms with van der Waals surface area (Å²) in [4.78, 5) is 73.1.